The molecule has 1 saturated heterocycles. The number of fused-ring (bicyclic) bond motifs is 1. The van der Waals surface area contributed by atoms with Crippen molar-refractivity contribution in [1.29, 1.82) is 0 Å². The van der Waals surface area contributed by atoms with Gasteiger partial charge in [0.25, 0.3) is 6.43 Å². The van der Waals surface area contributed by atoms with Gasteiger partial charge in [0.2, 0.25) is 0 Å². The van der Waals surface area contributed by atoms with Crippen LogP contribution in [0.1, 0.15) is 5.56 Å². The summed E-state index contributed by atoms with van der Waals surface area (Å²) in [6.45, 7) is 1.69. The van der Waals surface area contributed by atoms with Crippen molar-refractivity contribution in [3.8, 4) is 11.5 Å². The van der Waals surface area contributed by atoms with Gasteiger partial charge in [0.15, 0.2) is 5.76 Å². The average molecular weight is 347 g/mol. The van der Waals surface area contributed by atoms with Crippen LogP contribution in [-0.4, -0.2) is 46.9 Å². The molecular weight excluding hydrogens is 328 g/mol. The van der Waals surface area contributed by atoms with E-state index in [2.05, 4.69) is 5.10 Å². The van der Waals surface area contributed by atoms with Crippen LogP contribution in [0.5, 0.6) is 0 Å². The first-order valence-electron chi connectivity index (χ1n) is 8.24. The molecule has 4 rings (SSSR count). The van der Waals surface area contributed by atoms with E-state index in [1.807, 2.05) is 48.5 Å². The number of nitrogens with zero attached hydrogens (tertiary/aromatic N) is 3. The molecule has 0 spiro atoms. The van der Waals surface area contributed by atoms with Crippen LogP contribution < -0.4 is 0 Å². The number of hydrogen-bond acceptors (Lipinski definition) is 4. The standard InChI is InChI=1S/C18H19F2N3O2/c1-22-9-13(10-23-6-7-24-16(11-23)18(19)20)17(21-22)15-8-12-4-2-3-5-14(12)25-15/h2-5,8-9,16,18H,6-7,10-11H2,1H3. The van der Waals surface area contributed by atoms with E-state index in [-0.39, 0.29) is 6.54 Å². The summed E-state index contributed by atoms with van der Waals surface area (Å²) in [6.07, 6.45) is -1.58. The van der Waals surface area contributed by atoms with Crippen molar-refractivity contribution in [2.45, 2.75) is 19.1 Å². The first kappa shape index (κ1) is 16.2. The first-order chi connectivity index (χ1) is 12.1. The number of benzene rings is 1. The molecule has 1 aromatic carbocycles. The van der Waals surface area contributed by atoms with Gasteiger partial charge in [-0.25, -0.2) is 8.78 Å². The minimum atomic E-state index is -2.47. The average Bonchev–Trinajstić information content (AvgIpc) is 3.18. The molecule has 1 atom stereocenters. The lowest BCUT2D eigenvalue weighted by atomic mass is 10.1. The van der Waals surface area contributed by atoms with Crippen LogP contribution in [-0.2, 0) is 18.3 Å². The fourth-order valence-corrected chi connectivity index (χ4v) is 3.23. The predicted octanol–water partition coefficient (Wildman–Crippen LogP) is 3.30. The lowest BCUT2D eigenvalue weighted by molar-refractivity contribution is -0.104. The Labute approximate surface area is 143 Å². The smallest absolute Gasteiger partial charge is 0.265 e. The fraction of sp³-hybridized carbons (Fsp3) is 0.389. The van der Waals surface area contributed by atoms with E-state index < -0.39 is 12.5 Å². The van der Waals surface area contributed by atoms with E-state index in [1.165, 1.54) is 0 Å². The number of para-hydroxylation sites is 1. The van der Waals surface area contributed by atoms with Gasteiger partial charge >= 0.3 is 0 Å². The summed E-state index contributed by atoms with van der Waals surface area (Å²) >= 11 is 0. The molecular formula is C18H19F2N3O2. The number of hydrogen-bond donors (Lipinski definition) is 0. The van der Waals surface area contributed by atoms with Gasteiger partial charge in [0, 0.05) is 43.8 Å². The highest BCUT2D eigenvalue weighted by molar-refractivity contribution is 5.82. The van der Waals surface area contributed by atoms with Crippen molar-refractivity contribution in [3.05, 3.63) is 42.1 Å². The normalized spacial score (nSPS) is 19.1. The number of furan rings is 1. The van der Waals surface area contributed by atoms with Crippen LogP contribution >= 0.6 is 0 Å². The molecule has 0 saturated carbocycles. The van der Waals surface area contributed by atoms with Crippen LogP contribution in [0, 0.1) is 0 Å². The zero-order chi connectivity index (χ0) is 17.4. The van der Waals surface area contributed by atoms with Crippen LogP contribution in [0.3, 0.4) is 0 Å². The maximum absolute atomic E-state index is 12.9. The maximum Gasteiger partial charge on any atom is 0.265 e. The van der Waals surface area contributed by atoms with E-state index in [0.29, 0.717) is 25.5 Å². The van der Waals surface area contributed by atoms with Gasteiger partial charge in [-0.15, -0.1) is 0 Å². The number of ether oxygens (including phenoxy) is 1. The predicted molar refractivity (Wildman–Crippen MR) is 89.4 cm³/mol. The summed E-state index contributed by atoms with van der Waals surface area (Å²) in [6, 6.07) is 9.74. The topological polar surface area (TPSA) is 43.4 Å². The van der Waals surface area contributed by atoms with Crippen molar-refractivity contribution in [2.24, 2.45) is 7.05 Å². The molecule has 0 N–H and O–H groups in total. The Morgan fingerprint density at radius 2 is 2.16 bits per heavy atom. The van der Waals surface area contributed by atoms with Crippen molar-refractivity contribution >= 4 is 11.0 Å². The molecule has 2 aromatic heterocycles. The molecule has 7 heteroatoms. The van der Waals surface area contributed by atoms with Crippen LogP contribution in [0.4, 0.5) is 8.78 Å². The summed E-state index contributed by atoms with van der Waals surface area (Å²) in [4.78, 5) is 1.98. The highest BCUT2D eigenvalue weighted by atomic mass is 19.3. The summed E-state index contributed by atoms with van der Waals surface area (Å²) in [7, 11) is 1.84. The number of rotatable bonds is 4. The van der Waals surface area contributed by atoms with Gasteiger partial charge < -0.3 is 9.15 Å². The summed E-state index contributed by atoms with van der Waals surface area (Å²) in [5, 5.41) is 5.52. The van der Waals surface area contributed by atoms with Crippen LogP contribution in [0.2, 0.25) is 0 Å². The molecule has 1 fully saturated rings. The van der Waals surface area contributed by atoms with Gasteiger partial charge in [-0.2, -0.15) is 5.10 Å². The van der Waals surface area contributed by atoms with Crippen LogP contribution in [0.25, 0.3) is 22.4 Å². The lowest BCUT2D eigenvalue weighted by Crippen LogP contribution is -2.45. The molecule has 0 aliphatic carbocycles. The first-order valence-corrected chi connectivity index (χ1v) is 8.24. The Kier molecular flexibility index (Phi) is 4.27. The maximum atomic E-state index is 12.9. The molecule has 0 radical (unpaired) electrons. The van der Waals surface area contributed by atoms with E-state index >= 15 is 0 Å². The van der Waals surface area contributed by atoms with Crippen molar-refractivity contribution in [3.63, 3.8) is 0 Å². The van der Waals surface area contributed by atoms with Crippen molar-refractivity contribution < 1.29 is 17.9 Å². The van der Waals surface area contributed by atoms with E-state index in [4.69, 9.17) is 9.15 Å². The zero-order valence-corrected chi connectivity index (χ0v) is 13.9. The monoisotopic (exact) mass is 347 g/mol. The molecule has 25 heavy (non-hydrogen) atoms. The Hall–Kier alpha value is -2.25. The Balaban J connectivity index is 1.60. The fourth-order valence-electron chi connectivity index (χ4n) is 3.23. The summed E-state index contributed by atoms with van der Waals surface area (Å²) < 4.78 is 38.6. The number of halogens is 2. The molecule has 1 unspecified atom stereocenters. The van der Waals surface area contributed by atoms with Gasteiger partial charge in [-0.3, -0.25) is 9.58 Å². The van der Waals surface area contributed by atoms with Gasteiger partial charge in [-0.1, -0.05) is 18.2 Å². The van der Waals surface area contributed by atoms with Crippen molar-refractivity contribution in [2.75, 3.05) is 19.7 Å². The number of aryl methyl sites for hydroxylation is 1. The second kappa shape index (κ2) is 6.57. The minimum Gasteiger partial charge on any atom is -0.454 e. The van der Waals surface area contributed by atoms with E-state index in [1.54, 1.807) is 4.68 Å². The highest BCUT2D eigenvalue weighted by Crippen LogP contribution is 2.30. The molecule has 132 valence electrons. The second-order valence-electron chi connectivity index (χ2n) is 6.30. The Morgan fingerprint density at radius 3 is 2.96 bits per heavy atom. The zero-order valence-electron chi connectivity index (χ0n) is 13.9. The Bertz CT molecular complexity index is 841. The third-order valence-corrected chi connectivity index (χ3v) is 4.42. The summed E-state index contributed by atoms with van der Waals surface area (Å²) in [5.74, 6) is 0.690. The molecule has 3 aromatic rings. The third kappa shape index (κ3) is 3.29. The van der Waals surface area contributed by atoms with Crippen LogP contribution in [0.15, 0.2) is 40.9 Å². The molecule has 1 aliphatic rings. The molecule has 1 aliphatic heterocycles. The number of morpholine rings is 1. The summed E-state index contributed by atoms with van der Waals surface area (Å²) in [5.41, 5.74) is 2.51. The SMILES string of the molecule is Cn1cc(CN2CCOC(C(F)F)C2)c(-c2cc3ccccc3o2)n1. The largest absolute Gasteiger partial charge is 0.454 e. The lowest BCUT2D eigenvalue weighted by Gasteiger charge is -2.32. The van der Waals surface area contributed by atoms with Gasteiger partial charge in [-0.05, 0) is 12.1 Å². The van der Waals surface area contributed by atoms with Gasteiger partial charge in [0.05, 0.1) is 6.61 Å². The quantitative estimate of drug-likeness (QED) is 0.726. The van der Waals surface area contributed by atoms with Gasteiger partial charge in [0.1, 0.15) is 17.4 Å². The number of alkyl halides is 2. The number of aromatic nitrogens is 2. The second-order valence-corrected chi connectivity index (χ2v) is 6.30. The Morgan fingerprint density at radius 1 is 1.32 bits per heavy atom. The molecule has 0 bridgehead atoms. The van der Waals surface area contributed by atoms with E-state index in [0.717, 1.165) is 22.2 Å². The minimum absolute atomic E-state index is 0.214. The highest BCUT2D eigenvalue weighted by Gasteiger charge is 2.29. The molecule has 3 heterocycles. The van der Waals surface area contributed by atoms with E-state index in [9.17, 15) is 8.78 Å². The molecule has 0 amide bonds. The van der Waals surface area contributed by atoms with Crippen molar-refractivity contribution in [1.82, 2.24) is 14.7 Å². The third-order valence-electron chi connectivity index (χ3n) is 4.42. The molecule has 5 nitrogen and oxygen atoms in total.